The molecule has 0 aromatic heterocycles. The van der Waals surface area contributed by atoms with Gasteiger partial charge in [0.05, 0.1) is 18.6 Å². The van der Waals surface area contributed by atoms with Crippen LogP contribution in [0, 0.1) is 10.1 Å². The second-order valence-electron chi connectivity index (χ2n) is 4.27. The van der Waals surface area contributed by atoms with Crippen molar-refractivity contribution in [3.05, 3.63) is 39.6 Å². The van der Waals surface area contributed by atoms with E-state index in [-0.39, 0.29) is 27.5 Å². The van der Waals surface area contributed by atoms with E-state index in [1.165, 1.54) is 31.4 Å². The smallest absolute Gasteiger partial charge is 0.374 e. The SMILES string of the molecule is CCOC(=O)SC1=N/C(=C/c2cc([N+](=O)[O-])ccc2OC)C(=O)S1. The second kappa shape index (κ2) is 7.97. The largest absolute Gasteiger partial charge is 0.496 e. The minimum atomic E-state index is -0.550. The fourth-order valence-corrected chi connectivity index (χ4v) is 3.32. The van der Waals surface area contributed by atoms with Crippen molar-refractivity contribution >= 4 is 50.1 Å². The van der Waals surface area contributed by atoms with Crippen LogP contribution in [0.25, 0.3) is 6.08 Å². The number of hydrogen-bond donors (Lipinski definition) is 0. The Morgan fingerprint density at radius 3 is 2.88 bits per heavy atom. The molecule has 1 aliphatic heterocycles. The maximum absolute atomic E-state index is 12.0. The van der Waals surface area contributed by atoms with Crippen molar-refractivity contribution in [3.8, 4) is 5.75 Å². The molecule has 0 fully saturated rings. The van der Waals surface area contributed by atoms with Crippen molar-refractivity contribution in [2.75, 3.05) is 13.7 Å². The molecule has 0 saturated heterocycles. The molecule has 8 nitrogen and oxygen atoms in total. The van der Waals surface area contributed by atoms with E-state index in [1.54, 1.807) is 6.92 Å². The zero-order valence-corrected chi connectivity index (χ0v) is 14.3. The average molecular weight is 368 g/mol. The van der Waals surface area contributed by atoms with Gasteiger partial charge in [-0.3, -0.25) is 14.9 Å². The topological polar surface area (TPSA) is 108 Å². The van der Waals surface area contributed by atoms with Gasteiger partial charge in [-0.2, -0.15) is 0 Å². The predicted octanol–water partition coefficient (Wildman–Crippen LogP) is 3.46. The van der Waals surface area contributed by atoms with Crippen molar-refractivity contribution in [3.63, 3.8) is 0 Å². The molecule has 0 amide bonds. The van der Waals surface area contributed by atoms with Crippen LogP contribution in [0.4, 0.5) is 10.5 Å². The number of hydrogen-bond acceptors (Lipinski definition) is 9. The van der Waals surface area contributed by atoms with Gasteiger partial charge < -0.3 is 9.47 Å². The van der Waals surface area contributed by atoms with Crippen molar-refractivity contribution < 1.29 is 24.0 Å². The molecular formula is C14H12N2O6S2. The van der Waals surface area contributed by atoms with Crippen LogP contribution in [-0.4, -0.2) is 33.4 Å². The van der Waals surface area contributed by atoms with Crippen molar-refractivity contribution in [1.82, 2.24) is 0 Å². The maximum atomic E-state index is 12.0. The molecule has 1 aliphatic rings. The van der Waals surface area contributed by atoms with Crippen molar-refractivity contribution in [2.24, 2.45) is 4.99 Å². The summed E-state index contributed by atoms with van der Waals surface area (Å²) >= 11 is 1.52. The zero-order chi connectivity index (χ0) is 17.7. The molecule has 0 aliphatic carbocycles. The molecular weight excluding hydrogens is 356 g/mol. The Hall–Kier alpha value is -2.33. The van der Waals surface area contributed by atoms with E-state index in [1.807, 2.05) is 0 Å². The van der Waals surface area contributed by atoms with E-state index in [2.05, 4.69) is 4.99 Å². The number of carbonyl (C=O) groups excluding carboxylic acids is 2. The lowest BCUT2D eigenvalue weighted by Crippen LogP contribution is -1.98. The summed E-state index contributed by atoms with van der Waals surface area (Å²) in [4.78, 5) is 37.8. The highest BCUT2D eigenvalue weighted by Gasteiger charge is 2.26. The Balaban J connectivity index is 2.31. The molecule has 0 spiro atoms. The van der Waals surface area contributed by atoms with Gasteiger partial charge in [0.25, 0.3) is 5.69 Å². The first-order chi connectivity index (χ1) is 11.4. The predicted molar refractivity (Wildman–Crippen MR) is 92.3 cm³/mol. The number of thioether (sulfide) groups is 2. The first kappa shape index (κ1) is 18.0. The lowest BCUT2D eigenvalue weighted by Gasteiger charge is -2.04. The molecule has 0 atom stereocenters. The Morgan fingerprint density at radius 2 is 2.25 bits per heavy atom. The molecule has 1 aromatic carbocycles. The first-order valence-electron chi connectivity index (χ1n) is 6.64. The Bertz CT molecular complexity index is 760. The fourth-order valence-electron chi connectivity index (χ4n) is 1.75. The highest BCUT2D eigenvalue weighted by atomic mass is 32.2. The maximum Gasteiger partial charge on any atom is 0.374 e. The number of carbonyl (C=O) groups is 2. The molecule has 0 bridgehead atoms. The molecule has 1 aromatic rings. The van der Waals surface area contributed by atoms with Crippen LogP contribution >= 0.6 is 23.5 Å². The van der Waals surface area contributed by atoms with Crippen molar-refractivity contribution in [2.45, 2.75) is 6.92 Å². The minimum absolute atomic E-state index is 0.0746. The van der Waals surface area contributed by atoms with Crippen LogP contribution in [0.3, 0.4) is 0 Å². The number of nitrogens with zero attached hydrogens (tertiary/aromatic N) is 2. The molecule has 126 valence electrons. The number of benzene rings is 1. The van der Waals surface area contributed by atoms with Gasteiger partial charge >= 0.3 is 5.30 Å². The van der Waals surface area contributed by atoms with Crippen molar-refractivity contribution in [1.29, 1.82) is 0 Å². The van der Waals surface area contributed by atoms with Crippen LogP contribution in [0.1, 0.15) is 12.5 Å². The lowest BCUT2D eigenvalue weighted by molar-refractivity contribution is -0.384. The summed E-state index contributed by atoms with van der Waals surface area (Å²) in [6, 6.07) is 4.03. The van der Waals surface area contributed by atoms with Gasteiger partial charge in [0.1, 0.15) is 15.8 Å². The highest BCUT2D eigenvalue weighted by molar-refractivity contribution is 8.49. The number of methoxy groups -OCH3 is 1. The van der Waals surface area contributed by atoms with E-state index in [0.29, 0.717) is 11.3 Å². The normalized spacial score (nSPS) is 15.3. The van der Waals surface area contributed by atoms with Gasteiger partial charge in [-0.25, -0.2) is 9.79 Å². The Labute approximate surface area is 145 Å². The minimum Gasteiger partial charge on any atom is -0.496 e. The summed E-state index contributed by atoms with van der Waals surface area (Å²) < 4.78 is 10.2. The number of rotatable bonds is 4. The number of non-ortho nitro benzene ring substituents is 1. The fraction of sp³-hybridized carbons (Fsp3) is 0.214. The summed E-state index contributed by atoms with van der Waals surface area (Å²) in [6.45, 7) is 1.90. The van der Waals surface area contributed by atoms with Crippen LogP contribution in [0.15, 0.2) is 28.9 Å². The van der Waals surface area contributed by atoms with Crippen LogP contribution in [-0.2, 0) is 9.53 Å². The molecule has 1 heterocycles. The lowest BCUT2D eigenvalue weighted by atomic mass is 10.1. The van der Waals surface area contributed by atoms with Gasteiger partial charge in [-0.1, -0.05) is 0 Å². The van der Waals surface area contributed by atoms with E-state index < -0.39 is 10.2 Å². The number of aliphatic imine (C=N–C) groups is 1. The summed E-state index contributed by atoms with van der Waals surface area (Å²) in [5.74, 6) is 0.368. The standard InChI is InChI=1S/C14H12N2O6S2/c1-3-22-14(18)24-13-15-10(12(17)23-13)7-8-6-9(16(19)20)4-5-11(8)21-2/h4-7H,3H2,1-2H3/b10-7+. The van der Waals surface area contributed by atoms with E-state index >= 15 is 0 Å². The second-order valence-corrected chi connectivity index (χ2v) is 6.41. The third kappa shape index (κ3) is 4.36. The Kier molecular flexibility index (Phi) is 5.99. The van der Waals surface area contributed by atoms with Crippen LogP contribution < -0.4 is 4.74 Å². The quantitative estimate of drug-likeness (QED) is 0.344. The van der Waals surface area contributed by atoms with E-state index in [4.69, 9.17) is 9.47 Å². The van der Waals surface area contributed by atoms with Gasteiger partial charge in [0.15, 0.2) is 0 Å². The summed E-state index contributed by atoms with van der Waals surface area (Å²) in [5.41, 5.74) is 0.290. The number of nitro benzene ring substituents is 1. The van der Waals surface area contributed by atoms with Gasteiger partial charge in [0, 0.05) is 29.5 Å². The molecule has 0 radical (unpaired) electrons. The van der Waals surface area contributed by atoms with Gasteiger partial charge in [-0.05, 0) is 30.8 Å². The number of ether oxygens (including phenoxy) is 2. The van der Waals surface area contributed by atoms with Crippen LogP contribution in [0.5, 0.6) is 5.75 Å². The summed E-state index contributed by atoms with van der Waals surface area (Å²) in [6.07, 6.45) is 1.39. The zero-order valence-electron chi connectivity index (χ0n) is 12.7. The average Bonchev–Trinajstić information content (AvgIpc) is 2.86. The third-order valence-corrected chi connectivity index (χ3v) is 4.46. The molecule has 24 heavy (non-hydrogen) atoms. The molecule has 2 rings (SSSR count). The molecule has 0 saturated carbocycles. The Morgan fingerprint density at radius 1 is 1.50 bits per heavy atom. The summed E-state index contributed by atoms with van der Waals surface area (Å²) in [7, 11) is 1.42. The molecule has 0 N–H and O–H groups in total. The molecule has 10 heteroatoms. The highest BCUT2D eigenvalue weighted by Crippen LogP contribution is 2.34. The van der Waals surface area contributed by atoms with E-state index in [9.17, 15) is 19.7 Å². The van der Waals surface area contributed by atoms with E-state index in [0.717, 1.165) is 23.5 Å². The van der Waals surface area contributed by atoms with Gasteiger partial charge in [-0.15, -0.1) is 0 Å². The van der Waals surface area contributed by atoms with Gasteiger partial charge in [0.2, 0.25) is 5.12 Å². The first-order valence-corrected chi connectivity index (χ1v) is 8.27. The molecule has 0 unspecified atom stereocenters. The monoisotopic (exact) mass is 368 g/mol. The third-order valence-electron chi connectivity index (χ3n) is 2.75. The summed E-state index contributed by atoms with van der Waals surface area (Å²) in [5, 5.41) is 9.96. The van der Waals surface area contributed by atoms with Crippen LogP contribution in [0.2, 0.25) is 0 Å². The number of nitro groups is 1.